The van der Waals surface area contributed by atoms with E-state index in [2.05, 4.69) is 30.1 Å². The minimum Gasteiger partial charge on any atom is -0.487 e. The molecule has 0 saturated heterocycles. The number of imidazole rings is 1. The van der Waals surface area contributed by atoms with Crippen LogP contribution >= 0.6 is 11.3 Å². The van der Waals surface area contributed by atoms with E-state index < -0.39 is 0 Å². The van der Waals surface area contributed by atoms with Crippen molar-refractivity contribution in [3.8, 4) is 39.0 Å². The number of carbonyl (C=O) groups excluding carboxylic acids is 1. The molecular formula is C30H21N7O2S. The quantitative estimate of drug-likeness (QED) is 0.221. The summed E-state index contributed by atoms with van der Waals surface area (Å²) >= 11 is 1.44. The Bertz CT molecular complexity index is 2010. The lowest BCUT2D eigenvalue weighted by molar-refractivity contribution is 0.102. The van der Waals surface area contributed by atoms with Gasteiger partial charge in [-0.15, -0.1) is 11.3 Å². The third-order valence-corrected chi connectivity index (χ3v) is 7.75. The number of rotatable bonds is 7. The lowest BCUT2D eigenvalue weighted by Gasteiger charge is -2.08. The second-order valence-corrected chi connectivity index (χ2v) is 10.3. The number of hydrogen-bond acceptors (Lipinski definition) is 8. The van der Waals surface area contributed by atoms with E-state index in [1.165, 1.54) is 11.3 Å². The molecule has 0 bridgehead atoms. The Hall–Kier alpha value is -5.22. The average molecular weight is 544 g/mol. The van der Waals surface area contributed by atoms with Gasteiger partial charge in [-0.25, -0.2) is 9.97 Å². The highest BCUT2D eigenvalue weighted by molar-refractivity contribution is 7.17. The van der Waals surface area contributed by atoms with Crippen LogP contribution in [0.25, 0.3) is 55.3 Å². The molecule has 0 aliphatic rings. The highest BCUT2D eigenvalue weighted by atomic mass is 32.1. The number of thiophene rings is 1. The van der Waals surface area contributed by atoms with Gasteiger partial charge in [0.2, 0.25) is 0 Å². The number of nitrogens with one attached hydrogen (secondary N) is 2. The minimum atomic E-state index is 0.0418. The van der Waals surface area contributed by atoms with Gasteiger partial charge < -0.3 is 9.72 Å². The Morgan fingerprint density at radius 3 is 2.75 bits per heavy atom. The van der Waals surface area contributed by atoms with E-state index in [1.54, 1.807) is 31.7 Å². The third kappa shape index (κ3) is 4.40. The molecule has 1 aromatic carbocycles. The first-order valence-corrected chi connectivity index (χ1v) is 13.4. The van der Waals surface area contributed by atoms with Crippen molar-refractivity contribution in [2.75, 3.05) is 0 Å². The van der Waals surface area contributed by atoms with Crippen LogP contribution in [0, 0.1) is 0 Å². The van der Waals surface area contributed by atoms with Crippen LogP contribution in [0.2, 0.25) is 0 Å². The predicted octanol–water partition coefficient (Wildman–Crippen LogP) is 6.47. The Balaban J connectivity index is 1.23. The molecule has 0 aliphatic heterocycles. The van der Waals surface area contributed by atoms with E-state index in [-0.39, 0.29) is 5.78 Å². The van der Waals surface area contributed by atoms with E-state index in [1.807, 2.05) is 60.7 Å². The number of ketones is 1. The van der Waals surface area contributed by atoms with Gasteiger partial charge in [-0.3, -0.25) is 19.9 Å². The number of H-pyrrole nitrogens is 2. The molecule has 6 aromatic heterocycles. The zero-order valence-corrected chi connectivity index (χ0v) is 22.1. The fraction of sp³-hybridized carbons (Fsp3) is 0.0667. The van der Waals surface area contributed by atoms with Gasteiger partial charge in [0.1, 0.15) is 23.6 Å². The van der Waals surface area contributed by atoms with E-state index in [0.29, 0.717) is 39.9 Å². The third-order valence-electron chi connectivity index (χ3n) is 6.53. The van der Waals surface area contributed by atoms with Crippen LogP contribution in [-0.4, -0.2) is 40.9 Å². The summed E-state index contributed by atoms with van der Waals surface area (Å²) in [5.74, 6) is 1.29. The number of pyridine rings is 3. The number of aromatic nitrogens is 7. The van der Waals surface area contributed by atoms with Crippen LogP contribution in [0.4, 0.5) is 0 Å². The number of Topliss-reactive ketones (excluding diaryl/α,β-unsaturated/α-hetero) is 1. The minimum absolute atomic E-state index is 0.0418. The first-order chi connectivity index (χ1) is 19.6. The molecule has 0 amide bonds. The van der Waals surface area contributed by atoms with Crippen LogP contribution in [0.1, 0.15) is 22.2 Å². The molecule has 0 unspecified atom stereocenters. The predicted molar refractivity (Wildman–Crippen MR) is 154 cm³/mol. The zero-order valence-electron chi connectivity index (χ0n) is 21.3. The maximum atomic E-state index is 11.8. The zero-order chi connectivity index (χ0) is 27.1. The smallest absolute Gasteiger partial charge is 0.169 e. The summed E-state index contributed by atoms with van der Waals surface area (Å²) in [6, 6.07) is 19.6. The number of hydrogen-bond donors (Lipinski definition) is 2. The Kier molecular flexibility index (Phi) is 5.86. The van der Waals surface area contributed by atoms with Gasteiger partial charge in [-0.1, -0.05) is 30.3 Å². The molecule has 7 rings (SSSR count). The summed E-state index contributed by atoms with van der Waals surface area (Å²) in [5.41, 5.74) is 6.34. The molecule has 7 aromatic rings. The van der Waals surface area contributed by atoms with Crippen molar-refractivity contribution >= 4 is 39.2 Å². The second kappa shape index (κ2) is 9.83. The molecule has 0 spiro atoms. The highest BCUT2D eigenvalue weighted by Crippen LogP contribution is 2.35. The molecule has 0 aliphatic carbocycles. The van der Waals surface area contributed by atoms with Crippen molar-refractivity contribution in [2.45, 2.75) is 13.5 Å². The van der Waals surface area contributed by atoms with Crippen molar-refractivity contribution in [2.24, 2.45) is 0 Å². The van der Waals surface area contributed by atoms with Crippen molar-refractivity contribution in [1.82, 2.24) is 35.1 Å². The lowest BCUT2D eigenvalue weighted by Crippen LogP contribution is -1.96. The van der Waals surface area contributed by atoms with Crippen molar-refractivity contribution in [3.05, 3.63) is 95.9 Å². The Morgan fingerprint density at radius 2 is 1.90 bits per heavy atom. The van der Waals surface area contributed by atoms with Gasteiger partial charge in [0.15, 0.2) is 17.3 Å². The molecule has 0 fully saturated rings. The summed E-state index contributed by atoms with van der Waals surface area (Å²) in [5, 5.41) is 8.45. The molecule has 0 atom stereocenters. The average Bonchev–Trinajstić information content (AvgIpc) is 3.74. The van der Waals surface area contributed by atoms with E-state index >= 15 is 0 Å². The van der Waals surface area contributed by atoms with Crippen LogP contribution in [0.15, 0.2) is 85.5 Å². The number of ether oxygens (including phenoxy) is 1. The van der Waals surface area contributed by atoms with Gasteiger partial charge in [0.25, 0.3) is 0 Å². The molecule has 194 valence electrons. The summed E-state index contributed by atoms with van der Waals surface area (Å²) < 4.78 is 5.97. The normalized spacial score (nSPS) is 11.3. The van der Waals surface area contributed by atoms with Gasteiger partial charge >= 0.3 is 0 Å². The molecule has 2 N–H and O–H groups in total. The van der Waals surface area contributed by atoms with E-state index in [9.17, 15) is 4.79 Å². The van der Waals surface area contributed by atoms with Crippen LogP contribution in [-0.2, 0) is 6.61 Å². The Labute approximate surface area is 232 Å². The summed E-state index contributed by atoms with van der Waals surface area (Å²) in [4.78, 5) is 35.1. The summed E-state index contributed by atoms with van der Waals surface area (Å²) in [7, 11) is 0. The van der Waals surface area contributed by atoms with Crippen LogP contribution in [0.3, 0.4) is 0 Å². The van der Waals surface area contributed by atoms with Crippen molar-refractivity contribution in [1.29, 1.82) is 0 Å². The first-order valence-electron chi connectivity index (χ1n) is 12.5. The van der Waals surface area contributed by atoms with Gasteiger partial charge in [0.05, 0.1) is 28.5 Å². The molecule has 9 nitrogen and oxygen atoms in total. The topological polar surface area (TPSA) is 122 Å². The fourth-order valence-electron chi connectivity index (χ4n) is 4.53. The van der Waals surface area contributed by atoms with Crippen LogP contribution < -0.4 is 4.74 Å². The summed E-state index contributed by atoms with van der Waals surface area (Å²) in [6.45, 7) is 2.02. The fourth-order valence-corrected chi connectivity index (χ4v) is 5.45. The van der Waals surface area contributed by atoms with Crippen molar-refractivity contribution in [3.63, 3.8) is 0 Å². The second-order valence-electron chi connectivity index (χ2n) is 9.23. The number of carbonyl (C=O) groups is 1. The van der Waals surface area contributed by atoms with Crippen LogP contribution in [0.5, 0.6) is 5.75 Å². The standard InChI is InChI=1S/C30H21N7O2S/c1-17(38)25-7-8-26(40-25)21-9-10-32-29-27(21)34-30(35-29)28-22-12-23(33-15-24(22)36-37-28)19-11-20(14-31-13-19)39-16-18-5-3-2-4-6-18/h2-15H,16H2,1H3,(H,36,37)(H,32,34,35). The summed E-state index contributed by atoms with van der Waals surface area (Å²) in [6.07, 6.45) is 6.94. The maximum Gasteiger partial charge on any atom is 0.169 e. The van der Waals surface area contributed by atoms with Gasteiger partial charge in [-0.2, -0.15) is 5.10 Å². The highest BCUT2D eigenvalue weighted by Gasteiger charge is 2.18. The number of benzene rings is 1. The van der Waals surface area contributed by atoms with E-state index in [4.69, 9.17) is 9.72 Å². The molecule has 40 heavy (non-hydrogen) atoms. The molecule has 6 heterocycles. The first kappa shape index (κ1) is 23.9. The molecular weight excluding hydrogens is 522 g/mol. The number of fused-ring (bicyclic) bond motifs is 2. The van der Waals surface area contributed by atoms with Crippen molar-refractivity contribution < 1.29 is 9.53 Å². The molecule has 0 radical (unpaired) electrons. The van der Waals surface area contributed by atoms with E-state index in [0.717, 1.165) is 38.2 Å². The molecule has 10 heteroatoms. The number of aromatic amines is 2. The lowest BCUT2D eigenvalue weighted by atomic mass is 10.1. The largest absolute Gasteiger partial charge is 0.487 e. The maximum absolute atomic E-state index is 11.8. The molecule has 0 saturated carbocycles. The number of nitrogens with zero attached hydrogens (tertiary/aromatic N) is 5. The Morgan fingerprint density at radius 1 is 1.00 bits per heavy atom. The monoisotopic (exact) mass is 543 g/mol. The SMILES string of the molecule is CC(=O)c1ccc(-c2ccnc3[nH]c(-c4n[nH]c5cnc(-c6cncc(OCc7ccccc7)c6)cc45)nc23)s1. The van der Waals surface area contributed by atoms with Gasteiger partial charge in [0, 0.05) is 33.8 Å². The van der Waals surface area contributed by atoms with Gasteiger partial charge in [-0.05, 0) is 42.8 Å².